The number of aromatic nitrogens is 2. The van der Waals surface area contributed by atoms with Crippen molar-refractivity contribution in [3.05, 3.63) is 66.0 Å². The summed E-state index contributed by atoms with van der Waals surface area (Å²) < 4.78 is 1.52. The number of amides is 2. The van der Waals surface area contributed by atoms with Gasteiger partial charge in [0.25, 0.3) is 0 Å². The molecular weight excluding hydrogens is 344 g/mol. The fourth-order valence-electron chi connectivity index (χ4n) is 2.54. The van der Waals surface area contributed by atoms with E-state index >= 15 is 0 Å². The van der Waals surface area contributed by atoms with Crippen LogP contribution in [-0.2, 0) is 6.54 Å². The summed E-state index contributed by atoms with van der Waals surface area (Å²) in [5.41, 5.74) is 19.5. The Morgan fingerprint density at radius 2 is 1.81 bits per heavy atom. The summed E-state index contributed by atoms with van der Waals surface area (Å²) in [4.78, 5) is 22.2. The van der Waals surface area contributed by atoms with Crippen LogP contribution >= 0.6 is 0 Å². The molecule has 8 nitrogen and oxygen atoms in total. The first kappa shape index (κ1) is 19.8. The van der Waals surface area contributed by atoms with Gasteiger partial charge in [-0.1, -0.05) is 30.3 Å². The van der Waals surface area contributed by atoms with Gasteiger partial charge in [0.1, 0.15) is 5.69 Å². The molecule has 7 N–H and O–H groups in total. The van der Waals surface area contributed by atoms with Crippen LogP contribution in [0.25, 0.3) is 16.8 Å². The number of hydrogen-bond acceptors (Lipinski definition) is 5. The summed E-state index contributed by atoms with van der Waals surface area (Å²) in [6.45, 7) is 0.470. The van der Waals surface area contributed by atoms with Gasteiger partial charge in [0.15, 0.2) is 6.29 Å². The molecule has 27 heavy (non-hydrogen) atoms. The van der Waals surface area contributed by atoms with Crippen molar-refractivity contribution in [2.75, 3.05) is 12.4 Å². The normalized spacial score (nSPS) is 9.89. The second-order valence-corrected chi connectivity index (χ2v) is 5.43. The van der Waals surface area contributed by atoms with Crippen molar-refractivity contribution in [1.82, 2.24) is 9.78 Å². The molecule has 0 fully saturated rings. The van der Waals surface area contributed by atoms with E-state index in [9.17, 15) is 9.59 Å². The molecule has 0 saturated heterocycles. The molecule has 3 aromatic rings. The smallest absolute Gasteiger partial charge is 0.316 e. The highest BCUT2D eigenvalue weighted by atomic mass is 16.2. The topological polar surface area (TPSA) is 142 Å². The van der Waals surface area contributed by atoms with E-state index in [2.05, 4.69) is 16.1 Å². The molecule has 1 heterocycles. The zero-order valence-corrected chi connectivity index (χ0v) is 14.9. The Bertz CT molecular complexity index is 935. The molecule has 8 heteroatoms. The molecule has 0 saturated carbocycles. The van der Waals surface area contributed by atoms with Gasteiger partial charge < -0.3 is 22.5 Å². The Labute approximate surface area is 157 Å². The van der Waals surface area contributed by atoms with Crippen LogP contribution < -0.4 is 22.5 Å². The van der Waals surface area contributed by atoms with Crippen LogP contribution in [0, 0.1) is 0 Å². The number of nitrogens with zero attached hydrogens (tertiary/aromatic N) is 2. The predicted octanol–water partition coefficient (Wildman–Crippen LogP) is 1.88. The average molecular weight is 366 g/mol. The number of aldehydes is 1. The highest BCUT2D eigenvalue weighted by Crippen LogP contribution is 2.24. The molecular formula is C19H22N6O2. The van der Waals surface area contributed by atoms with Crippen molar-refractivity contribution in [2.45, 2.75) is 6.54 Å². The Hall–Kier alpha value is -3.49. The van der Waals surface area contributed by atoms with E-state index in [0.717, 1.165) is 22.4 Å². The third-order valence-electron chi connectivity index (χ3n) is 3.72. The molecule has 3 rings (SSSR count). The van der Waals surface area contributed by atoms with E-state index in [4.69, 9.17) is 11.5 Å². The molecule has 0 unspecified atom stereocenters. The minimum atomic E-state index is -0.755. The number of carbonyl (C=O) groups excluding carboxylic acids is 2. The van der Waals surface area contributed by atoms with Gasteiger partial charge in [0.2, 0.25) is 0 Å². The lowest BCUT2D eigenvalue weighted by atomic mass is 10.0. The molecule has 0 aliphatic heterocycles. The Morgan fingerprint density at radius 3 is 2.44 bits per heavy atom. The molecule has 0 aliphatic rings. The SMILES string of the molecule is CN.NCc1cccc(-c2cccc(-n3cc(NC(N)=O)c(C=O)n3)c2)c1. The van der Waals surface area contributed by atoms with Gasteiger partial charge in [-0.05, 0) is 41.9 Å². The lowest BCUT2D eigenvalue weighted by Gasteiger charge is -2.07. The molecule has 0 bridgehead atoms. The Balaban J connectivity index is 0.00000126. The Morgan fingerprint density at radius 1 is 1.15 bits per heavy atom. The monoisotopic (exact) mass is 366 g/mol. The first-order valence-corrected chi connectivity index (χ1v) is 8.19. The van der Waals surface area contributed by atoms with Gasteiger partial charge in [-0.2, -0.15) is 5.10 Å². The van der Waals surface area contributed by atoms with Crippen molar-refractivity contribution in [2.24, 2.45) is 17.2 Å². The van der Waals surface area contributed by atoms with E-state index in [1.807, 2.05) is 48.5 Å². The van der Waals surface area contributed by atoms with Crippen molar-refractivity contribution < 1.29 is 9.59 Å². The first-order chi connectivity index (χ1) is 13.1. The van der Waals surface area contributed by atoms with Gasteiger partial charge in [-0.15, -0.1) is 0 Å². The minimum Gasteiger partial charge on any atom is -0.351 e. The minimum absolute atomic E-state index is 0.106. The van der Waals surface area contributed by atoms with E-state index in [-0.39, 0.29) is 11.4 Å². The van der Waals surface area contributed by atoms with E-state index < -0.39 is 6.03 Å². The number of anilines is 1. The zero-order valence-electron chi connectivity index (χ0n) is 14.9. The van der Waals surface area contributed by atoms with Crippen LogP contribution in [0.3, 0.4) is 0 Å². The first-order valence-electron chi connectivity index (χ1n) is 8.19. The second-order valence-electron chi connectivity index (χ2n) is 5.43. The molecule has 2 aromatic carbocycles. The highest BCUT2D eigenvalue weighted by Gasteiger charge is 2.11. The summed E-state index contributed by atoms with van der Waals surface area (Å²) in [5.74, 6) is 0. The molecule has 0 radical (unpaired) electrons. The number of urea groups is 1. The highest BCUT2D eigenvalue weighted by molar-refractivity contribution is 5.93. The summed E-state index contributed by atoms with van der Waals surface area (Å²) in [7, 11) is 1.50. The molecule has 0 atom stereocenters. The maximum absolute atomic E-state index is 11.1. The van der Waals surface area contributed by atoms with Crippen LogP contribution in [0.2, 0.25) is 0 Å². The number of carbonyl (C=O) groups is 2. The number of primary amides is 1. The maximum Gasteiger partial charge on any atom is 0.316 e. The largest absolute Gasteiger partial charge is 0.351 e. The summed E-state index contributed by atoms with van der Waals surface area (Å²) in [5, 5.41) is 6.57. The van der Waals surface area contributed by atoms with Crippen molar-refractivity contribution in [3.63, 3.8) is 0 Å². The van der Waals surface area contributed by atoms with Gasteiger partial charge in [-0.25, -0.2) is 9.48 Å². The molecule has 2 amide bonds. The lowest BCUT2D eigenvalue weighted by molar-refractivity contribution is 0.111. The van der Waals surface area contributed by atoms with Gasteiger partial charge in [-0.3, -0.25) is 4.79 Å². The summed E-state index contributed by atoms with van der Waals surface area (Å²) in [6.07, 6.45) is 2.11. The lowest BCUT2D eigenvalue weighted by Crippen LogP contribution is -2.19. The van der Waals surface area contributed by atoms with E-state index in [0.29, 0.717) is 12.8 Å². The Kier molecular flexibility index (Phi) is 6.81. The number of nitrogens with two attached hydrogens (primary N) is 3. The number of rotatable bonds is 5. The van der Waals surface area contributed by atoms with Crippen LogP contribution in [-0.4, -0.2) is 29.1 Å². The summed E-state index contributed by atoms with van der Waals surface area (Å²) >= 11 is 0. The fourth-order valence-corrected chi connectivity index (χ4v) is 2.54. The predicted molar refractivity (Wildman–Crippen MR) is 106 cm³/mol. The van der Waals surface area contributed by atoms with Crippen molar-refractivity contribution in [1.29, 1.82) is 0 Å². The van der Waals surface area contributed by atoms with E-state index in [1.165, 1.54) is 11.7 Å². The molecule has 0 spiro atoms. The van der Waals surface area contributed by atoms with Gasteiger partial charge >= 0.3 is 6.03 Å². The average Bonchev–Trinajstić information content (AvgIpc) is 3.12. The standard InChI is InChI=1S/C18H17N5O2.CH5N/c19-9-12-3-1-4-13(7-12)14-5-2-6-15(8-14)23-10-16(21-18(20)25)17(11-24)22-23;1-2/h1-8,10-11H,9,19H2,(H3,20,21,25);2H2,1H3. The number of benzene rings is 2. The van der Waals surface area contributed by atoms with Gasteiger partial charge in [0, 0.05) is 6.54 Å². The van der Waals surface area contributed by atoms with Crippen LogP contribution in [0.5, 0.6) is 0 Å². The van der Waals surface area contributed by atoms with E-state index in [1.54, 1.807) is 6.20 Å². The maximum atomic E-state index is 11.1. The van der Waals surface area contributed by atoms with Crippen LogP contribution in [0.4, 0.5) is 10.5 Å². The molecule has 0 aliphatic carbocycles. The summed E-state index contributed by atoms with van der Waals surface area (Å²) in [6, 6.07) is 14.9. The van der Waals surface area contributed by atoms with Crippen molar-refractivity contribution in [3.8, 4) is 16.8 Å². The van der Waals surface area contributed by atoms with Crippen LogP contribution in [0.15, 0.2) is 54.7 Å². The number of nitrogens with one attached hydrogen (secondary N) is 1. The third kappa shape index (κ3) is 4.78. The zero-order chi connectivity index (χ0) is 19.8. The number of hydrogen-bond donors (Lipinski definition) is 4. The quantitative estimate of drug-likeness (QED) is 0.510. The molecule has 1 aromatic heterocycles. The molecule has 140 valence electrons. The third-order valence-corrected chi connectivity index (χ3v) is 3.72. The fraction of sp³-hybridized carbons (Fsp3) is 0.105. The van der Waals surface area contributed by atoms with Crippen molar-refractivity contribution >= 4 is 18.0 Å². The van der Waals surface area contributed by atoms with Crippen LogP contribution in [0.1, 0.15) is 16.1 Å². The van der Waals surface area contributed by atoms with Gasteiger partial charge in [0.05, 0.1) is 17.6 Å². The second kappa shape index (κ2) is 9.27.